The van der Waals surface area contributed by atoms with E-state index in [0.29, 0.717) is 22.6 Å². The molecule has 0 heterocycles. The Morgan fingerprint density at radius 3 is 2.26 bits per heavy atom. The number of nitrogens with zero attached hydrogens (tertiary/aromatic N) is 1. The molecule has 6 nitrogen and oxygen atoms in total. The topological polar surface area (TPSA) is 105 Å². The van der Waals surface area contributed by atoms with Crippen LogP contribution in [0.15, 0.2) is 48.5 Å². The zero-order valence-electron chi connectivity index (χ0n) is 12.4. The molecule has 0 bridgehead atoms. The lowest BCUT2D eigenvalue weighted by atomic mass is 10.2. The standard InChI is InChI=1S/C17H15N3O3/c1-11(23-15-8-2-12(10-18)3-9-15)17(22)20-14-6-4-13(5-7-14)16(19)21/h2-9,11H,1H3,(H2,19,21)(H,20,22)/t11-/m0/s1. The highest BCUT2D eigenvalue weighted by molar-refractivity contribution is 5.96. The fourth-order valence-corrected chi connectivity index (χ4v) is 1.83. The maximum Gasteiger partial charge on any atom is 0.265 e. The number of rotatable bonds is 5. The molecule has 116 valence electrons. The van der Waals surface area contributed by atoms with E-state index in [1.807, 2.05) is 6.07 Å². The smallest absolute Gasteiger partial charge is 0.265 e. The number of hydrogen-bond acceptors (Lipinski definition) is 4. The number of carbonyl (C=O) groups excluding carboxylic acids is 2. The second-order valence-electron chi connectivity index (χ2n) is 4.83. The van der Waals surface area contributed by atoms with Crippen molar-refractivity contribution in [2.75, 3.05) is 5.32 Å². The maximum absolute atomic E-state index is 12.1. The Kier molecular flexibility index (Phi) is 4.95. The first-order chi connectivity index (χ1) is 11.0. The molecule has 0 aliphatic rings. The molecular formula is C17H15N3O3. The average Bonchev–Trinajstić information content (AvgIpc) is 2.56. The molecule has 1 atom stereocenters. The van der Waals surface area contributed by atoms with E-state index in [2.05, 4.69) is 5.32 Å². The summed E-state index contributed by atoms with van der Waals surface area (Å²) in [5.74, 6) is -0.364. The number of amides is 2. The molecule has 0 radical (unpaired) electrons. The Balaban J connectivity index is 1.96. The third kappa shape index (κ3) is 4.32. The Hall–Kier alpha value is -3.33. The van der Waals surface area contributed by atoms with E-state index in [9.17, 15) is 9.59 Å². The number of nitrogens with two attached hydrogens (primary N) is 1. The first kappa shape index (κ1) is 16.0. The van der Waals surface area contributed by atoms with Crippen molar-refractivity contribution in [2.45, 2.75) is 13.0 Å². The van der Waals surface area contributed by atoms with Crippen molar-refractivity contribution < 1.29 is 14.3 Å². The van der Waals surface area contributed by atoms with E-state index >= 15 is 0 Å². The number of benzene rings is 2. The Morgan fingerprint density at radius 1 is 1.13 bits per heavy atom. The largest absolute Gasteiger partial charge is 0.481 e. The second-order valence-corrected chi connectivity index (χ2v) is 4.83. The predicted molar refractivity (Wildman–Crippen MR) is 84.8 cm³/mol. The SMILES string of the molecule is C[C@H](Oc1ccc(C#N)cc1)C(=O)Nc1ccc(C(N)=O)cc1. The van der Waals surface area contributed by atoms with Gasteiger partial charge < -0.3 is 15.8 Å². The van der Waals surface area contributed by atoms with Gasteiger partial charge in [0.05, 0.1) is 11.6 Å². The maximum atomic E-state index is 12.1. The van der Waals surface area contributed by atoms with E-state index in [1.165, 1.54) is 12.1 Å². The lowest BCUT2D eigenvalue weighted by Gasteiger charge is -2.14. The molecule has 3 N–H and O–H groups in total. The monoisotopic (exact) mass is 309 g/mol. The van der Waals surface area contributed by atoms with Crippen molar-refractivity contribution in [3.63, 3.8) is 0 Å². The van der Waals surface area contributed by atoms with Crippen LogP contribution in [0.3, 0.4) is 0 Å². The number of primary amides is 1. The zero-order chi connectivity index (χ0) is 16.8. The third-order valence-corrected chi connectivity index (χ3v) is 3.10. The predicted octanol–water partition coefficient (Wildman–Crippen LogP) is 2.06. The first-order valence-electron chi connectivity index (χ1n) is 6.87. The molecular weight excluding hydrogens is 294 g/mol. The molecule has 0 saturated carbocycles. The van der Waals surface area contributed by atoms with E-state index in [4.69, 9.17) is 15.7 Å². The van der Waals surface area contributed by atoms with Crippen LogP contribution in [-0.4, -0.2) is 17.9 Å². The molecule has 2 rings (SSSR count). The summed E-state index contributed by atoms with van der Waals surface area (Å²) in [4.78, 5) is 23.1. The number of hydrogen-bond donors (Lipinski definition) is 2. The van der Waals surface area contributed by atoms with Crippen LogP contribution >= 0.6 is 0 Å². The second kappa shape index (κ2) is 7.09. The van der Waals surface area contributed by atoms with Crippen LogP contribution in [0.25, 0.3) is 0 Å². The minimum absolute atomic E-state index is 0.332. The number of nitriles is 1. The highest BCUT2D eigenvalue weighted by Crippen LogP contribution is 2.15. The molecule has 0 fully saturated rings. The van der Waals surface area contributed by atoms with Gasteiger partial charge in [-0.1, -0.05) is 0 Å². The summed E-state index contributed by atoms with van der Waals surface area (Å²) in [5.41, 5.74) is 6.57. The van der Waals surface area contributed by atoms with Crippen molar-refractivity contribution in [1.29, 1.82) is 5.26 Å². The summed E-state index contributed by atoms with van der Waals surface area (Å²) in [6.07, 6.45) is -0.723. The summed E-state index contributed by atoms with van der Waals surface area (Å²) < 4.78 is 5.51. The van der Waals surface area contributed by atoms with Gasteiger partial charge in [0.2, 0.25) is 5.91 Å². The van der Waals surface area contributed by atoms with Gasteiger partial charge in [-0.3, -0.25) is 9.59 Å². The molecule has 0 spiro atoms. The van der Waals surface area contributed by atoms with Crippen molar-refractivity contribution in [2.24, 2.45) is 5.73 Å². The first-order valence-corrected chi connectivity index (χ1v) is 6.87. The minimum atomic E-state index is -0.723. The van der Waals surface area contributed by atoms with Gasteiger partial charge in [-0.15, -0.1) is 0 Å². The van der Waals surface area contributed by atoms with Crippen LogP contribution in [0.2, 0.25) is 0 Å². The van der Waals surface area contributed by atoms with Gasteiger partial charge in [0.15, 0.2) is 6.10 Å². The van der Waals surface area contributed by atoms with Gasteiger partial charge >= 0.3 is 0 Å². The Morgan fingerprint density at radius 2 is 1.74 bits per heavy atom. The van der Waals surface area contributed by atoms with Crippen molar-refractivity contribution in [3.8, 4) is 11.8 Å². The molecule has 0 aromatic heterocycles. The number of anilines is 1. The van der Waals surface area contributed by atoms with Gasteiger partial charge in [0.25, 0.3) is 5.91 Å². The van der Waals surface area contributed by atoms with E-state index in [-0.39, 0.29) is 5.91 Å². The lowest BCUT2D eigenvalue weighted by Crippen LogP contribution is -2.30. The fourth-order valence-electron chi connectivity index (χ4n) is 1.83. The van der Waals surface area contributed by atoms with Gasteiger partial charge in [-0.25, -0.2) is 0 Å². The van der Waals surface area contributed by atoms with Gasteiger partial charge in [-0.2, -0.15) is 5.26 Å². The molecule has 0 aliphatic carbocycles. The van der Waals surface area contributed by atoms with Crippen molar-refractivity contribution >= 4 is 17.5 Å². The highest BCUT2D eigenvalue weighted by Gasteiger charge is 2.15. The molecule has 23 heavy (non-hydrogen) atoms. The molecule has 6 heteroatoms. The van der Waals surface area contributed by atoms with Gasteiger partial charge in [0.1, 0.15) is 5.75 Å². The zero-order valence-corrected chi connectivity index (χ0v) is 12.4. The van der Waals surface area contributed by atoms with Gasteiger partial charge in [0, 0.05) is 11.3 Å². The molecule has 0 aliphatic heterocycles. The summed E-state index contributed by atoms with van der Waals surface area (Å²) in [7, 11) is 0. The molecule has 0 saturated heterocycles. The third-order valence-electron chi connectivity index (χ3n) is 3.10. The van der Waals surface area contributed by atoms with E-state index < -0.39 is 12.0 Å². The summed E-state index contributed by atoms with van der Waals surface area (Å²) >= 11 is 0. The molecule has 2 aromatic rings. The van der Waals surface area contributed by atoms with E-state index in [0.717, 1.165) is 0 Å². The number of ether oxygens (including phenoxy) is 1. The highest BCUT2D eigenvalue weighted by atomic mass is 16.5. The van der Waals surface area contributed by atoms with Crippen LogP contribution in [0.4, 0.5) is 5.69 Å². The summed E-state index contributed by atoms with van der Waals surface area (Å²) in [6.45, 7) is 1.62. The Labute approximate surface area is 133 Å². The van der Waals surface area contributed by atoms with E-state index in [1.54, 1.807) is 43.3 Å². The minimum Gasteiger partial charge on any atom is -0.481 e. The number of nitrogens with one attached hydrogen (secondary N) is 1. The normalized spacial score (nSPS) is 11.1. The fraction of sp³-hybridized carbons (Fsp3) is 0.118. The van der Waals surface area contributed by atoms with Crippen LogP contribution in [0, 0.1) is 11.3 Å². The van der Waals surface area contributed by atoms with Crippen LogP contribution in [0.5, 0.6) is 5.75 Å². The average molecular weight is 309 g/mol. The Bertz CT molecular complexity index is 746. The van der Waals surface area contributed by atoms with Gasteiger partial charge in [-0.05, 0) is 55.5 Å². The molecule has 2 aromatic carbocycles. The lowest BCUT2D eigenvalue weighted by molar-refractivity contribution is -0.122. The summed E-state index contributed by atoms with van der Waals surface area (Å²) in [5, 5.41) is 11.4. The van der Waals surface area contributed by atoms with Crippen molar-refractivity contribution in [3.05, 3.63) is 59.7 Å². The molecule has 0 unspecified atom stereocenters. The van der Waals surface area contributed by atoms with Crippen molar-refractivity contribution in [1.82, 2.24) is 0 Å². The van der Waals surface area contributed by atoms with Crippen LogP contribution in [0.1, 0.15) is 22.8 Å². The quantitative estimate of drug-likeness (QED) is 0.881. The molecule has 2 amide bonds. The summed E-state index contributed by atoms with van der Waals surface area (Å²) in [6, 6.07) is 14.7. The van der Waals surface area contributed by atoms with Crippen LogP contribution in [-0.2, 0) is 4.79 Å². The van der Waals surface area contributed by atoms with Crippen LogP contribution < -0.4 is 15.8 Å². The number of carbonyl (C=O) groups is 2.